The second-order valence-electron chi connectivity index (χ2n) is 7.91. The van der Waals surface area contributed by atoms with Gasteiger partial charge in [-0.3, -0.25) is 0 Å². The first-order chi connectivity index (χ1) is 14.3. The maximum atomic E-state index is 5.08. The topological polar surface area (TPSA) is 30.7 Å². The molecule has 2 aromatic heterocycles. The molecule has 3 heteroatoms. The molecule has 146 valence electrons. The van der Waals surface area contributed by atoms with Crippen molar-refractivity contribution >= 4 is 43.9 Å². The number of aromatic nitrogens is 3. The van der Waals surface area contributed by atoms with Crippen LogP contribution in [0.3, 0.4) is 0 Å². The van der Waals surface area contributed by atoms with Gasteiger partial charge in [-0.1, -0.05) is 56.5 Å². The Bertz CT molecular complexity index is 1330. The molecule has 0 saturated carbocycles. The Labute approximate surface area is 171 Å². The third-order valence-electron chi connectivity index (χ3n) is 6.04. The summed E-state index contributed by atoms with van der Waals surface area (Å²) in [6, 6.07) is 19.2. The van der Waals surface area contributed by atoms with Gasteiger partial charge < -0.3 is 4.57 Å². The Morgan fingerprint density at radius 1 is 0.793 bits per heavy atom. The molecular weight excluding hydrogens is 354 g/mol. The van der Waals surface area contributed by atoms with E-state index >= 15 is 0 Å². The molecule has 29 heavy (non-hydrogen) atoms. The zero-order valence-electron chi connectivity index (χ0n) is 17.3. The maximum absolute atomic E-state index is 5.08. The summed E-state index contributed by atoms with van der Waals surface area (Å²) in [7, 11) is 0. The molecule has 0 bridgehead atoms. The van der Waals surface area contributed by atoms with Crippen molar-refractivity contribution in [3.05, 3.63) is 60.2 Å². The van der Waals surface area contributed by atoms with E-state index in [0.29, 0.717) is 0 Å². The number of fused-ring (bicyclic) bond motifs is 6. The van der Waals surface area contributed by atoms with Crippen LogP contribution in [0.4, 0.5) is 0 Å². The number of para-hydroxylation sites is 3. The summed E-state index contributed by atoms with van der Waals surface area (Å²) in [6.45, 7) is 5.46. The molecule has 0 aliphatic carbocycles. The lowest BCUT2D eigenvalue weighted by Gasteiger charge is -2.11. The highest BCUT2D eigenvalue weighted by atomic mass is 15.0. The van der Waals surface area contributed by atoms with Gasteiger partial charge in [0.1, 0.15) is 0 Å². The fourth-order valence-electron chi connectivity index (χ4n) is 4.67. The Morgan fingerprint density at radius 2 is 1.55 bits per heavy atom. The first-order valence-corrected chi connectivity index (χ1v) is 10.9. The second kappa shape index (κ2) is 7.47. The average Bonchev–Trinajstić information content (AvgIpc) is 3.10. The predicted octanol–water partition coefficient (Wildman–Crippen LogP) is 7.03. The van der Waals surface area contributed by atoms with E-state index in [2.05, 4.69) is 60.9 Å². The first-order valence-electron chi connectivity index (χ1n) is 10.9. The van der Waals surface area contributed by atoms with Crippen LogP contribution in [0.25, 0.3) is 43.9 Å². The Kier molecular flexibility index (Phi) is 4.67. The lowest BCUT2D eigenvalue weighted by atomic mass is 10.0. The lowest BCUT2D eigenvalue weighted by molar-refractivity contribution is 0.667. The first kappa shape index (κ1) is 18.1. The zero-order chi connectivity index (χ0) is 19.8. The predicted molar refractivity (Wildman–Crippen MR) is 124 cm³/mol. The standard InChI is InChI=1S/C26H27N3/c1-3-5-6-7-12-18-17-22-25(28-21-15-10-9-14-20(21)27-22)24-19-13-8-11-16-23(19)29(4-2)26(18)24/h8-11,13-17H,3-7,12H2,1-2H3. The van der Waals surface area contributed by atoms with Gasteiger partial charge in [0.15, 0.2) is 0 Å². The van der Waals surface area contributed by atoms with E-state index in [1.807, 2.05) is 12.1 Å². The second-order valence-corrected chi connectivity index (χ2v) is 7.91. The molecule has 0 unspecified atom stereocenters. The average molecular weight is 382 g/mol. The van der Waals surface area contributed by atoms with Crippen molar-refractivity contribution < 1.29 is 0 Å². The smallest absolute Gasteiger partial charge is 0.0994 e. The molecule has 5 rings (SSSR count). The minimum Gasteiger partial charge on any atom is -0.340 e. The third kappa shape index (κ3) is 2.96. The minimum atomic E-state index is 0.957. The molecule has 5 aromatic rings. The number of hydrogen-bond acceptors (Lipinski definition) is 2. The normalized spacial score (nSPS) is 11.9. The van der Waals surface area contributed by atoms with Crippen molar-refractivity contribution in [1.82, 2.24) is 14.5 Å². The van der Waals surface area contributed by atoms with Crippen molar-refractivity contribution in [1.29, 1.82) is 0 Å². The van der Waals surface area contributed by atoms with Gasteiger partial charge in [0.2, 0.25) is 0 Å². The zero-order valence-corrected chi connectivity index (χ0v) is 17.3. The summed E-state index contributed by atoms with van der Waals surface area (Å²) in [6.07, 6.45) is 6.17. The van der Waals surface area contributed by atoms with Crippen molar-refractivity contribution in [2.24, 2.45) is 0 Å². The summed E-state index contributed by atoms with van der Waals surface area (Å²) in [5, 5.41) is 2.55. The highest BCUT2D eigenvalue weighted by Crippen LogP contribution is 2.37. The number of unbranched alkanes of at least 4 members (excludes halogenated alkanes) is 3. The Morgan fingerprint density at radius 3 is 2.34 bits per heavy atom. The van der Waals surface area contributed by atoms with Crippen LogP contribution in [0.5, 0.6) is 0 Å². The van der Waals surface area contributed by atoms with Gasteiger partial charge >= 0.3 is 0 Å². The van der Waals surface area contributed by atoms with Gasteiger partial charge in [-0.05, 0) is 49.6 Å². The minimum absolute atomic E-state index is 0.957. The Balaban J connectivity index is 1.87. The molecule has 0 fully saturated rings. The van der Waals surface area contributed by atoms with Crippen LogP contribution in [0.1, 0.15) is 45.1 Å². The monoisotopic (exact) mass is 381 g/mol. The van der Waals surface area contributed by atoms with Crippen molar-refractivity contribution in [2.45, 2.75) is 52.5 Å². The van der Waals surface area contributed by atoms with Gasteiger partial charge in [-0.25, -0.2) is 9.97 Å². The summed E-state index contributed by atoms with van der Waals surface area (Å²) in [4.78, 5) is 10.1. The lowest BCUT2D eigenvalue weighted by Crippen LogP contribution is -1.99. The molecule has 0 radical (unpaired) electrons. The van der Waals surface area contributed by atoms with Crippen LogP contribution in [0.2, 0.25) is 0 Å². The van der Waals surface area contributed by atoms with Crippen LogP contribution in [0.15, 0.2) is 54.6 Å². The van der Waals surface area contributed by atoms with E-state index in [9.17, 15) is 0 Å². The molecular formula is C26H27N3. The van der Waals surface area contributed by atoms with Gasteiger partial charge in [0.05, 0.1) is 27.6 Å². The molecule has 0 spiro atoms. The molecule has 3 nitrogen and oxygen atoms in total. The van der Waals surface area contributed by atoms with E-state index < -0.39 is 0 Å². The number of rotatable bonds is 6. The quantitative estimate of drug-likeness (QED) is 0.233. The highest BCUT2D eigenvalue weighted by Gasteiger charge is 2.18. The van der Waals surface area contributed by atoms with Gasteiger partial charge in [0, 0.05) is 22.8 Å². The SMILES string of the molecule is CCCCCCc1cc2nc3ccccc3nc2c2c3ccccc3n(CC)c12. The van der Waals surface area contributed by atoms with Gasteiger partial charge in [0.25, 0.3) is 0 Å². The highest BCUT2D eigenvalue weighted by molar-refractivity contribution is 6.20. The number of hydrogen-bond donors (Lipinski definition) is 0. The van der Waals surface area contributed by atoms with Crippen molar-refractivity contribution in [2.75, 3.05) is 0 Å². The van der Waals surface area contributed by atoms with E-state index in [1.54, 1.807) is 0 Å². The summed E-state index contributed by atoms with van der Waals surface area (Å²) >= 11 is 0. The van der Waals surface area contributed by atoms with Crippen molar-refractivity contribution in [3.63, 3.8) is 0 Å². The number of benzene rings is 3. The van der Waals surface area contributed by atoms with Crippen LogP contribution in [-0.4, -0.2) is 14.5 Å². The summed E-state index contributed by atoms with van der Waals surface area (Å²) in [5.41, 5.74) is 8.02. The fraction of sp³-hybridized carbons (Fsp3) is 0.308. The molecule has 0 amide bonds. The summed E-state index contributed by atoms with van der Waals surface area (Å²) in [5.74, 6) is 0. The largest absolute Gasteiger partial charge is 0.340 e. The summed E-state index contributed by atoms with van der Waals surface area (Å²) < 4.78 is 2.47. The maximum Gasteiger partial charge on any atom is 0.0994 e. The van der Waals surface area contributed by atoms with Crippen LogP contribution < -0.4 is 0 Å². The molecule has 3 aromatic carbocycles. The number of aryl methyl sites for hydroxylation is 2. The molecule has 2 heterocycles. The molecule has 0 atom stereocenters. The van der Waals surface area contributed by atoms with E-state index in [0.717, 1.165) is 35.0 Å². The van der Waals surface area contributed by atoms with Crippen LogP contribution in [-0.2, 0) is 13.0 Å². The molecule has 0 saturated heterocycles. The van der Waals surface area contributed by atoms with Crippen LogP contribution in [0, 0.1) is 0 Å². The van der Waals surface area contributed by atoms with E-state index in [4.69, 9.17) is 9.97 Å². The van der Waals surface area contributed by atoms with E-state index in [1.165, 1.54) is 53.1 Å². The van der Waals surface area contributed by atoms with Crippen molar-refractivity contribution in [3.8, 4) is 0 Å². The molecule has 0 aliphatic rings. The van der Waals surface area contributed by atoms with Crippen LogP contribution >= 0.6 is 0 Å². The van der Waals surface area contributed by atoms with Gasteiger partial charge in [-0.2, -0.15) is 0 Å². The van der Waals surface area contributed by atoms with E-state index in [-0.39, 0.29) is 0 Å². The number of nitrogens with zero attached hydrogens (tertiary/aromatic N) is 3. The fourth-order valence-corrected chi connectivity index (χ4v) is 4.67. The Hall–Kier alpha value is -2.94. The molecule has 0 aliphatic heterocycles. The van der Waals surface area contributed by atoms with Gasteiger partial charge in [-0.15, -0.1) is 0 Å². The molecule has 0 N–H and O–H groups in total. The third-order valence-corrected chi connectivity index (χ3v) is 6.04.